The zero-order valence-electron chi connectivity index (χ0n) is 16.2. The summed E-state index contributed by atoms with van der Waals surface area (Å²) in [6.45, 7) is 2.93. The summed E-state index contributed by atoms with van der Waals surface area (Å²) in [6.07, 6.45) is 2.09. The fraction of sp³-hybridized carbons (Fsp3) is 0.304. The Balaban J connectivity index is 1.45. The third-order valence-electron chi connectivity index (χ3n) is 4.86. The molecule has 1 fully saturated rings. The predicted molar refractivity (Wildman–Crippen MR) is 108 cm³/mol. The number of aromatic nitrogens is 1. The number of aryl methyl sites for hydroxylation is 1. The van der Waals surface area contributed by atoms with E-state index in [9.17, 15) is 4.79 Å². The fourth-order valence-electron chi connectivity index (χ4n) is 3.10. The van der Waals surface area contributed by atoms with Gasteiger partial charge in [-0.25, -0.2) is 4.98 Å². The van der Waals surface area contributed by atoms with E-state index in [1.165, 1.54) is 0 Å². The molecule has 144 valence electrons. The molecule has 5 nitrogen and oxygen atoms in total. The molecule has 1 aliphatic rings. The lowest BCUT2D eigenvalue weighted by Gasteiger charge is -2.17. The second-order valence-electron chi connectivity index (χ2n) is 7.26. The minimum Gasteiger partial charge on any atom is -0.492 e. The quantitative estimate of drug-likeness (QED) is 0.601. The Kier molecular flexibility index (Phi) is 5.15. The van der Waals surface area contributed by atoms with E-state index in [1.807, 2.05) is 61.5 Å². The molecule has 1 saturated carbocycles. The van der Waals surface area contributed by atoms with Crippen LogP contribution < -0.4 is 4.74 Å². The van der Waals surface area contributed by atoms with E-state index in [-0.39, 0.29) is 5.91 Å². The van der Waals surface area contributed by atoms with Crippen molar-refractivity contribution in [3.05, 3.63) is 71.6 Å². The molecule has 28 heavy (non-hydrogen) atoms. The van der Waals surface area contributed by atoms with Crippen LogP contribution in [0.4, 0.5) is 0 Å². The Hall–Kier alpha value is -3.08. The van der Waals surface area contributed by atoms with E-state index in [0.29, 0.717) is 30.7 Å². The molecule has 4 rings (SSSR count). The fourth-order valence-corrected chi connectivity index (χ4v) is 3.10. The van der Waals surface area contributed by atoms with Crippen LogP contribution in [0.5, 0.6) is 5.75 Å². The molecule has 2 aromatic carbocycles. The number of carbonyl (C=O) groups is 1. The zero-order valence-corrected chi connectivity index (χ0v) is 16.2. The van der Waals surface area contributed by atoms with Gasteiger partial charge < -0.3 is 14.1 Å². The van der Waals surface area contributed by atoms with Crippen molar-refractivity contribution in [1.29, 1.82) is 0 Å². The second-order valence-corrected chi connectivity index (χ2v) is 7.26. The smallest absolute Gasteiger partial charge is 0.275 e. The van der Waals surface area contributed by atoms with Crippen LogP contribution in [0.25, 0.3) is 11.5 Å². The summed E-state index contributed by atoms with van der Waals surface area (Å²) in [5, 5.41) is 0. The van der Waals surface area contributed by atoms with Gasteiger partial charge >= 0.3 is 0 Å². The first-order valence-electron chi connectivity index (χ1n) is 9.63. The molecule has 1 heterocycles. The van der Waals surface area contributed by atoms with E-state index in [4.69, 9.17) is 9.15 Å². The van der Waals surface area contributed by atoms with E-state index >= 15 is 0 Å². The van der Waals surface area contributed by atoms with Gasteiger partial charge in [0.2, 0.25) is 5.89 Å². The molecule has 0 bridgehead atoms. The molecule has 0 unspecified atom stereocenters. The summed E-state index contributed by atoms with van der Waals surface area (Å²) < 4.78 is 11.8. The number of rotatable bonds is 7. The van der Waals surface area contributed by atoms with Gasteiger partial charge in [-0.15, -0.1) is 0 Å². The van der Waals surface area contributed by atoms with Crippen molar-refractivity contribution in [1.82, 2.24) is 9.88 Å². The maximum Gasteiger partial charge on any atom is 0.275 e. The minimum absolute atomic E-state index is 0.124. The first-order valence-corrected chi connectivity index (χ1v) is 9.63. The summed E-state index contributed by atoms with van der Waals surface area (Å²) in [6, 6.07) is 17.6. The summed E-state index contributed by atoms with van der Waals surface area (Å²) in [5.41, 5.74) is 2.46. The van der Waals surface area contributed by atoms with Crippen molar-refractivity contribution in [2.75, 3.05) is 20.2 Å². The molecular formula is C23H24N2O3. The van der Waals surface area contributed by atoms with Gasteiger partial charge in [0.15, 0.2) is 5.69 Å². The van der Waals surface area contributed by atoms with E-state index in [0.717, 1.165) is 35.5 Å². The van der Waals surface area contributed by atoms with Gasteiger partial charge in [0.05, 0.1) is 6.54 Å². The molecule has 3 aromatic rings. The standard InChI is InChI=1S/C23H24N2O3/c1-16-7-6-10-19(15-16)27-14-13-25(2)23(26)20-21(17-11-12-17)28-22(24-20)18-8-4-3-5-9-18/h3-10,15,17H,11-14H2,1-2H3. The highest BCUT2D eigenvalue weighted by molar-refractivity contribution is 5.94. The van der Waals surface area contributed by atoms with Crippen molar-refractivity contribution in [2.24, 2.45) is 0 Å². The molecule has 0 saturated heterocycles. The Morgan fingerprint density at radius 3 is 2.68 bits per heavy atom. The monoisotopic (exact) mass is 376 g/mol. The molecule has 1 aliphatic carbocycles. The predicted octanol–water partition coefficient (Wildman–Crippen LogP) is 4.68. The van der Waals surface area contributed by atoms with Crippen LogP contribution in [0.2, 0.25) is 0 Å². The lowest BCUT2D eigenvalue weighted by molar-refractivity contribution is 0.0766. The highest BCUT2D eigenvalue weighted by atomic mass is 16.5. The first-order chi connectivity index (χ1) is 13.6. The largest absolute Gasteiger partial charge is 0.492 e. The van der Waals surface area contributed by atoms with Gasteiger partial charge in [0.1, 0.15) is 18.1 Å². The number of nitrogens with zero attached hydrogens (tertiary/aromatic N) is 2. The van der Waals surface area contributed by atoms with Crippen LogP contribution in [0.3, 0.4) is 0 Å². The van der Waals surface area contributed by atoms with Crippen LogP contribution in [0.1, 0.15) is 40.6 Å². The average Bonchev–Trinajstić information content (AvgIpc) is 3.46. The van der Waals surface area contributed by atoms with E-state index in [2.05, 4.69) is 4.98 Å². The zero-order chi connectivity index (χ0) is 19.5. The van der Waals surface area contributed by atoms with Crippen molar-refractivity contribution < 1.29 is 13.9 Å². The van der Waals surface area contributed by atoms with Crippen LogP contribution in [-0.4, -0.2) is 36.0 Å². The Labute approximate surface area is 165 Å². The Morgan fingerprint density at radius 1 is 1.18 bits per heavy atom. The average molecular weight is 376 g/mol. The van der Waals surface area contributed by atoms with Crippen LogP contribution >= 0.6 is 0 Å². The third kappa shape index (κ3) is 4.09. The summed E-state index contributed by atoms with van der Waals surface area (Å²) in [4.78, 5) is 19.2. The molecule has 0 radical (unpaired) electrons. The number of likely N-dealkylation sites (N-methyl/N-ethyl adjacent to an activating group) is 1. The number of hydrogen-bond acceptors (Lipinski definition) is 4. The van der Waals surface area contributed by atoms with Crippen molar-refractivity contribution in [2.45, 2.75) is 25.7 Å². The Morgan fingerprint density at radius 2 is 1.96 bits per heavy atom. The van der Waals surface area contributed by atoms with Crippen molar-refractivity contribution in [3.63, 3.8) is 0 Å². The molecule has 1 amide bonds. The normalized spacial score (nSPS) is 13.4. The lowest BCUT2D eigenvalue weighted by atomic mass is 10.2. The second kappa shape index (κ2) is 7.89. The maximum atomic E-state index is 13.0. The number of carbonyl (C=O) groups excluding carboxylic acids is 1. The molecule has 5 heteroatoms. The molecule has 0 spiro atoms. The van der Waals surface area contributed by atoms with Gasteiger partial charge in [-0.05, 0) is 49.6 Å². The molecule has 0 atom stereocenters. The number of oxazole rings is 1. The van der Waals surface area contributed by atoms with Gasteiger partial charge in [-0.1, -0.05) is 30.3 Å². The summed E-state index contributed by atoms with van der Waals surface area (Å²) in [7, 11) is 1.77. The number of ether oxygens (including phenoxy) is 1. The van der Waals surface area contributed by atoms with E-state index < -0.39 is 0 Å². The van der Waals surface area contributed by atoms with Crippen molar-refractivity contribution >= 4 is 5.91 Å². The third-order valence-corrected chi connectivity index (χ3v) is 4.86. The lowest BCUT2D eigenvalue weighted by Crippen LogP contribution is -2.31. The first kappa shape index (κ1) is 18.3. The Bertz CT molecular complexity index is 961. The van der Waals surface area contributed by atoms with Crippen LogP contribution in [0.15, 0.2) is 59.0 Å². The number of amides is 1. The van der Waals surface area contributed by atoms with Gasteiger partial charge in [0.25, 0.3) is 5.91 Å². The van der Waals surface area contributed by atoms with Crippen LogP contribution in [0, 0.1) is 6.92 Å². The molecule has 0 N–H and O–H groups in total. The highest BCUT2D eigenvalue weighted by Crippen LogP contribution is 2.43. The van der Waals surface area contributed by atoms with Crippen molar-refractivity contribution in [3.8, 4) is 17.2 Å². The summed E-state index contributed by atoms with van der Waals surface area (Å²) >= 11 is 0. The van der Waals surface area contributed by atoms with Gasteiger partial charge in [0, 0.05) is 18.5 Å². The topological polar surface area (TPSA) is 55.6 Å². The maximum absolute atomic E-state index is 13.0. The highest BCUT2D eigenvalue weighted by Gasteiger charge is 2.35. The van der Waals surface area contributed by atoms with Gasteiger partial charge in [-0.2, -0.15) is 0 Å². The molecular weight excluding hydrogens is 352 g/mol. The number of hydrogen-bond donors (Lipinski definition) is 0. The minimum atomic E-state index is -0.124. The summed E-state index contributed by atoms with van der Waals surface area (Å²) in [5.74, 6) is 2.22. The van der Waals surface area contributed by atoms with Crippen LogP contribution in [-0.2, 0) is 0 Å². The molecule has 0 aliphatic heterocycles. The van der Waals surface area contributed by atoms with E-state index in [1.54, 1.807) is 11.9 Å². The van der Waals surface area contributed by atoms with Gasteiger partial charge in [-0.3, -0.25) is 4.79 Å². The number of benzene rings is 2. The molecule has 1 aromatic heterocycles. The SMILES string of the molecule is Cc1cccc(OCCN(C)C(=O)c2nc(-c3ccccc3)oc2C2CC2)c1.